The van der Waals surface area contributed by atoms with Crippen molar-refractivity contribution in [3.63, 3.8) is 0 Å². The Bertz CT molecular complexity index is 619. The second-order valence-corrected chi connectivity index (χ2v) is 3.56. The average Bonchev–Trinajstić information content (AvgIpc) is 2.41. The fraction of sp³-hybridized carbons (Fsp3) is 0.214. The van der Waals surface area contributed by atoms with Gasteiger partial charge in [0.15, 0.2) is 0 Å². The molecule has 0 saturated heterocycles. The number of phenols is 1. The van der Waals surface area contributed by atoms with Gasteiger partial charge in [0.1, 0.15) is 17.9 Å². The molecule has 5 heteroatoms. The number of aromatic hydroxyl groups is 1. The third-order valence-electron chi connectivity index (χ3n) is 2.45. The van der Waals surface area contributed by atoms with E-state index in [-0.39, 0.29) is 34.6 Å². The summed E-state index contributed by atoms with van der Waals surface area (Å²) in [5, 5.41) is 27.6. The van der Waals surface area contributed by atoms with Crippen LogP contribution in [-0.4, -0.2) is 17.7 Å². The van der Waals surface area contributed by atoms with Crippen LogP contribution in [0.15, 0.2) is 18.2 Å². The molecule has 0 aliphatic heterocycles. The van der Waals surface area contributed by atoms with Gasteiger partial charge in [-0.3, -0.25) is 0 Å². The van der Waals surface area contributed by atoms with E-state index in [1.54, 1.807) is 13.8 Å². The van der Waals surface area contributed by atoms with Gasteiger partial charge in [0.2, 0.25) is 0 Å². The van der Waals surface area contributed by atoms with E-state index < -0.39 is 5.97 Å². The minimum absolute atomic E-state index is 0.0584. The van der Waals surface area contributed by atoms with E-state index in [2.05, 4.69) is 0 Å². The lowest BCUT2D eigenvalue weighted by Crippen LogP contribution is -2.07. The molecule has 0 spiro atoms. The summed E-state index contributed by atoms with van der Waals surface area (Å²) in [4.78, 5) is 11.7. The maximum atomic E-state index is 11.7. The van der Waals surface area contributed by atoms with Gasteiger partial charge in [-0.1, -0.05) is 6.08 Å². The molecule has 19 heavy (non-hydrogen) atoms. The van der Waals surface area contributed by atoms with E-state index in [4.69, 9.17) is 15.3 Å². The second kappa shape index (κ2) is 6.23. The number of benzene rings is 1. The van der Waals surface area contributed by atoms with Crippen molar-refractivity contribution in [1.29, 1.82) is 10.5 Å². The number of hydrogen-bond donors (Lipinski definition) is 1. The molecule has 0 radical (unpaired) electrons. The molecule has 5 nitrogen and oxygen atoms in total. The Balaban J connectivity index is 3.40. The number of nitrogens with zero attached hydrogens (tertiary/aromatic N) is 2. The summed E-state index contributed by atoms with van der Waals surface area (Å²) in [5.41, 5.74) is 0.485. The molecule has 0 aliphatic rings. The Labute approximate surface area is 111 Å². The third-order valence-corrected chi connectivity index (χ3v) is 2.45. The van der Waals surface area contributed by atoms with Crippen molar-refractivity contribution in [3.8, 4) is 17.9 Å². The highest BCUT2D eigenvalue weighted by molar-refractivity contribution is 6.17. The van der Waals surface area contributed by atoms with Crippen molar-refractivity contribution in [1.82, 2.24) is 0 Å². The van der Waals surface area contributed by atoms with Gasteiger partial charge in [-0.2, -0.15) is 10.5 Å². The molecular weight excluding hydrogens is 244 g/mol. The number of phenolic OH excluding ortho intramolecular Hbond substituents is 1. The number of nitriles is 2. The van der Waals surface area contributed by atoms with Gasteiger partial charge < -0.3 is 9.84 Å². The first kappa shape index (κ1) is 14.3. The van der Waals surface area contributed by atoms with Crippen LogP contribution < -0.4 is 0 Å². The monoisotopic (exact) mass is 256 g/mol. The van der Waals surface area contributed by atoms with Gasteiger partial charge in [-0.25, -0.2) is 4.79 Å². The van der Waals surface area contributed by atoms with E-state index in [0.29, 0.717) is 0 Å². The number of allylic oxidation sites excluding steroid dienone is 1. The zero-order valence-corrected chi connectivity index (χ0v) is 10.6. The number of ether oxygens (including phenoxy) is 1. The van der Waals surface area contributed by atoms with E-state index in [9.17, 15) is 9.90 Å². The van der Waals surface area contributed by atoms with Gasteiger partial charge >= 0.3 is 5.97 Å². The van der Waals surface area contributed by atoms with Crippen molar-refractivity contribution >= 4 is 11.5 Å². The first-order valence-electron chi connectivity index (χ1n) is 5.60. The van der Waals surface area contributed by atoms with Crippen LogP contribution in [0, 0.1) is 22.7 Å². The highest BCUT2D eigenvalue weighted by Crippen LogP contribution is 2.29. The minimum Gasteiger partial charge on any atom is -0.507 e. The molecule has 0 bridgehead atoms. The predicted molar refractivity (Wildman–Crippen MR) is 67.8 cm³/mol. The van der Waals surface area contributed by atoms with Crippen LogP contribution in [0.3, 0.4) is 0 Å². The summed E-state index contributed by atoms with van der Waals surface area (Å²) in [6.07, 6.45) is 1.49. The zero-order valence-electron chi connectivity index (χ0n) is 10.6. The molecular formula is C14H12N2O3. The molecule has 0 amide bonds. The summed E-state index contributed by atoms with van der Waals surface area (Å²) in [6, 6.07) is 6.13. The van der Waals surface area contributed by atoms with Crippen LogP contribution in [0.1, 0.15) is 30.5 Å². The third kappa shape index (κ3) is 2.91. The Morgan fingerprint density at radius 3 is 2.42 bits per heavy atom. The predicted octanol–water partition coefficient (Wildman–Crippen LogP) is 2.10. The van der Waals surface area contributed by atoms with Crippen LogP contribution in [-0.2, 0) is 9.53 Å². The summed E-state index contributed by atoms with van der Waals surface area (Å²) in [5.74, 6) is -0.828. The number of hydrogen-bond acceptors (Lipinski definition) is 5. The number of carbonyl (C=O) groups is 1. The van der Waals surface area contributed by atoms with Crippen LogP contribution in [0.25, 0.3) is 5.57 Å². The molecule has 0 aliphatic carbocycles. The van der Waals surface area contributed by atoms with Crippen molar-refractivity contribution in [2.45, 2.75) is 13.8 Å². The van der Waals surface area contributed by atoms with Crippen LogP contribution in [0.4, 0.5) is 0 Å². The molecule has 0 unspecified atom stereocenters. The molecule has 1 aromatic rings. The smallest absolute Gasteiger partial charge is 0.338 e. The second-order valence-electron chi connectivity index (χ2n) is 3.56. The van der Waals surface area contributed by atoms with Crippen molar-refractivity contribution < 1.29 is 14.6 Å². The lowest BCUT2D eigenvalue weighted by molar-refractivity contribution is -0.136. The first-order chi connectivity index (χ1) is 9.08. The summed E-state index contributed by atoms with van der Waals surface area (Å²) in [7, 11) is 0. The van der Waals surface area contributed by atoms with E-state index in [1.807, 2.05) is 12.1 Å². The van der Waals surface area contributed by atoms with E-state index >= 15 is 0 Å². The van der Waals surface area contributed by atoms with Crippen molar-refractivity contribution in [2.75, 3.05) is 6.61 Å². The maximum Gasteiger partial charge on any atom is 0.338 e. The standard InChI is InChI=1S/C14H12N2O3/c1-3-11(14(18)19-4-2)12-5-9(7-15)10(8-16)6-13(12)17/h3,5-6,17H,4H2,1-2H3. The lowest BCUT2D eigenvalue weighted by atomic mass is 9.98. The van der Waals surface area contributed by atoms with Crippen molar-refractivity contribution in [2.24, 2.45) is 0 Å². The zero-order chi connectivity index (χ0) is 14.4. The Morgan fingerprint density at radius 2 is 1.95 bits per heavy atom. The fourth-order valence-corrected chi connectivity index (χ4v) is 1.58. The summed E-state index contributed by atoms with van der Waals surface area (Å²) < 4.78 is 4.87. The van der Waals surface area contributed by atoms with Gasteiger partial charge in [0, 0.05) is 5.56 Å². The highest BCUT2D eigenvalue weighted by Gasteiger charge is 2.18. The SMILES string of the molecule is CC=C(C(=O)OCC)c1cc(C#N)c(C#N)cc1O. The van der Waals surface area contributed by atoms with Gasteiger partial charge in [-0.05, 0) is 26.0 Å². The van der Waals surface area contributed by atoms with E-state index in [0.717, 1.165) is 6.07 Å². The molecule has 1 rings (SSSR count). The molecule has 0 saturated carbocycles. The number of rotatable bonds is 3. The van der Waals surface area contributed by atoms with E-state index in [1.165, 1.54) is 12.1 Å². The van der Waals surface area contributed by atoms with Gasteiger partial charge in [-0.15, -0.1) is 0 Å². The lowest BCUT2D eigenvalue weighted by Gasteiger charge is -2.09. The minimum atomic E-state index is -0.589. The highest BCUT2D eigenvalue weighted by atomic mass is 16.5. The first-order valence-corrected chi connectivity index (χ1v) is 5.60. The molecule has 0 aromatic heterocycles. The molecule has 1 aromatic carbocycles. The van der Waals surface area contributed by atoms with Crippen LogP contribution in [0.2, 0.25) is 0 Å². The Morgan fingerprint density at radius 1 is 1.37 bits per heavy atom. The molecule has 0 heterocycles. The maximum absolute atomic E-state index is 11.7. The fourth-order valence-electron chi connectivity index (χ4n) is 1.58. The number of carbonyl (C=O) groups excluding carboxylic acids is 1. The largest absolute Gasteiger partial charge is 0.507 e. The summed E-state index contributed by atoms with van der Waals surface area (Å²) >= 11 is 0. The quantitative estimate of drug-likeness (QED) is 0.660. The number of esters is 1. The molecule has 0 atom stereocenters. The molecule has 1 N–H and O–H groups in total. The average molecular weight is 256 g/mol. The Hall–Kier alpha value is -2.79. The van der Waals surface area contributed by atoms with Crippen LogP contribution in [0.5, 0.6) is 5.75 Å². The molecule has 96 valence electrons. The topological polar surface area (TPSA) is 94.1 Å². The van der Waals surface area contributed by atoms with Crippen LogP contribution >= 0.6 is 0 Å². The molecule has 0 fully saturated rings. The van der Waals surface area contributed by atoms with Gasteiger partial charge in [0.25, 0.3) is 0 Å². The Kier molecular flexibility index (Phi) is 4.68. The summed E-state index contributed by atoms with van der Waals surface area (Å²) in [6.45, 7) is 3.50. The normalized spacial score (nSPS) is 10.4. The van der Waals surface area contributed by atoms with Crippen molar-refractivity contribution in [3.05, 3.63) is 34.9 Å². The van der Waals surface area contributed by atoms with Gasteiger partial charge in [0.05, 0.1) is 23.3 Å².